The van der Waals surface area contributed by atoms with Crippen molar-refractivity contribution in [1.29, 1.82) is 0 Å². The Morgan fingerprint density at radius 3 is 2.73 bits per heavy atom. The lowest BCUT2D eigenvalue weighted by molar-refractivity contribution is 0.0933. The number of amides is 1. The van der Waals surface area contributed by atoms with E-state index < -0.39 is 0 Å². The number of carbonyl (C=O) groups is 1. The van der Waals surface area contributed by atoms with Crippen LogP contribution in [0.3, 0.4) is 0 Å². The van der Waals surface area contributed by atoms with Crippen LogP contribution in [0.15, 0.2) is 12.1 Å². The van der Waals surface area contributed by atoms with Crippen LogP contribution in [0.1, 0.15) is 30.8 Å². The third-order valence-electron chi connectivity index (χ3n) is 2.03. The van der Waals surface area contributed by atoms with Gasteiger partial charge in [-0.05, 0) is 25.5 Å². The van der Waals surface area contributed by atoms with Gasteiger partial charge in [-0.2, -0.15) is 0 Å². The molecule has 15 heavy (non-hydrogen) atoms. The molecule has 0 bridgehead atoms. The SMILES string of the molecule is CCC(C)NC(=O)c1ccc(NN)nn1. The highest BCUT2D eigenvalue weighted by Gasteiger charge is 2.09. The second-order valence-electron chi connectivity index (χ2n) is 3.23. The summed E-state index contributed by atoms with van der Waals surface area (Å²) in [7, 11) is 0. The number of nitrogens with zero attached hydrogens (tertiary/aromatic N) is 2. The molecule has 0 aromatic carbocycles. The van der Waals surface area contributed by atoms with Crippen LogP contribution in [0, 0.1) is 0 Å². The maximum atomic E-state index is 11.5. The lowest BCUT2D eigenvalue weighted by atomic mass is 10.2. The number of anilines is 1. The smallest absolute Gasteiger partial charge is 0.272 e. The van der Waals surface area contributed by atoms with Crippen LogP contribution >= 0.6 is 0 Å². The maximum Gasteiger partial charge on any atom is 0.272 e. The molecule has 1 aromatic rings. The summed E-state index contributed by atoms with van der Waals surface area (Å²) in [6.07, 6.45) is 0.877. The van der Waals surface area contributed by atoms with Gasteiger partial charge in [-0.3, -0.25) is 4.79 Å². The van der Waals surface area contributed by atoms with Gasteiger partial charge in [0, 0.05) is 6.04 Å². The second-order valence-corrected chi connectivity index (χ2v) is 3.23. The summed E-state index contributed by atoms with van der Waals surface area (Å²) in [6, 6.07) is 3.30. The molecule has 0 spiro atoms. The molecule has 1 heterocycles. The van der Waals surface area contributed by atoms with E-state index >= 15 is 0 Å². The molecule has 0 fully saturated rings. The minimum absolute atomic E-state index is 0.131. The predicted molar refractivity (Wildman–Crippen MR) is 57.1 cm³/mol. The second kappa shape index (κ2) is 5.26. The Morgan fingerprint density at radius 2 is 2.27 bits per heavy atom. The molecule has 4 N–H and O–H groups in total. The number of hydrogen-bond donors (Lipinski definition) is 3. The zero-order valence-corrected chi connectivity index (χ0v) is 8.82. The largest absolute Gasteiger partial charge is 0.348 e. The fourth-order valence-corrected chi connectivity index (χ4v) is 0.930. The molecule has 0 radical (unpaired) electrons. The quantitative estimate of drug-likeness (QED) is 0.489. The van der Waals surface area contributed by atoms with Gasteiger partial charge in [0.1, 0.15) is 0 Å². The Hall–Kier alpha value is -1.69. The molecule has 1 atom stereocenters. The van der Waals surface area contributed by atoms with Gasteiger partial charge in [-0.1, -0.05) is 6.92 Å². The van der Waals surface area contributed by atoms with Crippen molar-refractivity contribution in [2.45, 2.75) is 26.3 Å². The lowest BCUT2D eigenvalue weighted by Crippen LogP contribution is -2.32. The third kappa shape index (κ3) is 3.17. The Morgan fingerprint density at radius 1 is 1.53 bits per heavy atom. The summed E-state index contributed by atoms with van der Waals surface area (Å²) < 4.78 is 0. The molecule has 1 unspecified atom stereocenters. The molecule has 82 valence electrons. The molecule has 0 saturated carbocycles. The molecule has 1 aromatic heterocycles. The lowest BCUT2D eigenvalue weighted by Gasteiger charge is -2.10. The van der Waals surface area contributed by atoms with E-state index in [4.69, 9.17) is 5.84 Å². The molecule has 1 amide bonds. The fraction of sp³-hybridized carbons (Fsp3) is 0.444. The molecule has 0 saturated heterocycles. The standard InChI is InChI=1S/C9H15N5O/c1-3-6(2)11-9(15)7-4-5-8(12-10)14-13-7/h4-6H,3,10H2,1-2H3,(H,11,15)(H,12,14). The van der Waals surface area contributed by atoms with Crippen LogP contribution in [0.25, 0.3) is 0 Å². The van der Waals surface area contributed by atoms with Crippen LogP contribution in [-0.4, -0.2) is 22.1 Å². The Bertz CT molecular complexity index is 324. The maximum absolute atomic E-state index is 11.5. The molecule has 6 nitrogen and oxygen atoms in total. The molecule has 0 aliphatic rings. The Labute approximate surface area is 88.2 Å². The number of carbonyl (C=O) groups excluding carboxylic acids is 1. The third-order valence-corrected chi connectivity index (χ3v) is 2.03. The van der Waals surface area contributed by atoms with E-state index in [0.717, 1.165) is 6.42 Å². The van der Waals surface area contributed by atoms with Crippen molar-refractivity contribution in [2.24, 2.45) is 5.84 Å². The van der Waals surface area contributed by atoms with Crippen molar-refractivity contribution in [3.05, 3.63) is 17.8 Å². The van der Waals surface area contributed by atoms with E-state index in [1.165, 1.54) is 0 Å². The van der Waals surface area contributed by atoms with Gasteiger partial charge in [-0.15, -0.1) is 10.2 Å². The summed E-state index contributed by atoms with van der Waals surface area (Å²) in [5.74, 6) is 5.33. The first-order chi connectivity index (χ1) is 7.17. The first-order valence-corrected chi connectivity index (χ1v) is 4.78. The summed E-state index contributed by atoms with van der Waals surface area (Å²) in [5.41, 5.74) is 2.63. The van der Waals surface area contributed by atoms with Crippen molar-refractivity contribution < 1.29 is 4.79 Å². The number of hydrogen-bond acceptors (Lipinski definition) is 5. The summed E-state index contributed by atoms with van der Waals surface area (Å²) >= 11 is 0. The van der Waals surface area contributed by atoms with Gasteiger partial charge in [0.05, 0.1) is 0 Å². The van der Waals surface area contributed by atoms with Crippen LogP contribution < -0.4 is 16.6 Å². The average molecular weight is 209 g/mol. The minimum atomic E-state index is -0.222. The van der Waals surface area contributed by atoms with Crippen LogP contribution in [0.4, 0.5) is 5.82 Å². The van der Waals surface area contributed by atoms with Gasteiger partial charge in [0.2, 0.25) is 0 Å². The van der Waals surface area contributed by atoms with Crippen LogP contribution in [0.2, 0.25) is 0 Å². The molecule has 6 heteroatoms. The Balaban J connectivity index is 2.66. The minimum Gasteiger partial charge on any atom is -0.348 e. The summed E-state index contributed by atoms with van der Waals surface area (Å²) in [6.45, 7) is 3.93. The van der Waals surface area contributed by atoms with Gasteiger partial charge < -0.3 is 10.7 Å². The van der Waals surface area contributed by atoms with Crippen LogP contribution in [0.5, 0.6) is 0 Å². The van der Waals surface area contributed by atoms with E-state index in [1.54, 1.807) is 12.1 Å². The topological polar surface area (TPSA) is 92.9 Å². The molecule has 0 aliphatic carbocycles. The highest BCUT2D eigenvalue weighted by atomic mass is 16.2. The van der Waals surface area contributed by atoms with Gasteiger partial charge in [0.15, 0.2) is 11.5 Å². The monoisotopic (exact) mass is 209 g/mol. The number of aromatic nitrogens is 2. The van der Waals surface area contributed by atoms with E-state index in [2.05, 4.69) is 20.9 Å². The number of nitrogens with one attached hydrogen (secondary N) is 2. The fourth-order valence-electron chi connectivity index (χ4n) is 0.930. The molecule has 1 rings (SSSR count). The number of nitrogens with two attached hydrogens (primary N) is 1. The Kier molecular flexibility index (Phi) is 3.99. The highest BCUT2D eigenvalue weighted by Crippen LogP contribution is 2.00. The van der Waals surface area contributed by atoms with Gasteiger partial charge >= 0.3 is 0 Å². The van der Waals surface area contributed by atoms with Crippen molar-refractivity contribution >= 4 is 11.7 Å². The molecular weight excluding hydrogens is 194 g/mol. The van der Waals surface area contributed by atoms with Crippen molar-refractivity contribution in [3.63, 3.8) is 0 Å². The van der Waals surface area contributed by atoms with Crippen molar-refractivity contribution in [1.82, 2.24) is 15.5 Å². The summed E-state index contributed by atoms with van der Waals surface area (Å²) in [5, 5.41) is 10.2. The van der Waals surface area contributed by atoms with Crippen molar-refractivity contribution in [2.75, 3.05) is 5.43 Å². The average Bonchev–Trinajstić information content (AvgIpc) is 2.29. The number of hydrazine groups is 1. The molecular formula is C9H15N5O. The first kappa shape index (κ1) is 11.4. The predicted octanol–water partition coefficient (Wildman–Crippen LogP) is 0.290. The van der Waals surface area contributed by atoms with Crippen molar-refractivity contribution in [3.8, 4) is 0 Å². The van der Waals surface area contributed by atoms with Crippen LogP contribution in [-0.2, 0) is 0 Å². The number of nitrogen functional groups attached to an aromatic ring is 1. The zero-order valence-electron chi connectivity index (χ0n) is 8.82. The normalized spacial score (nSPS) is 11.9. The van der Waals surface area contributed by atoms with E-state index in [0.29, 0.717) is 5.82 Å². The summed E-state index contributed by atoms with van der Waals surface area (Å²) in [4.78, 5) is 11.5. The van der Waals surface area contributed by atoms with E-state index in [1.807, 2.05) is 13.8 Å². The van der Waals surface area contributed by atoms with E-state index in [9.17, 15) is 4.79 Å². The van der Waals surface area contributed by atoms with Gasteiger partial charge in [-0.25, -0.2) is 5.84 Å². The highest BCUT2D eigenvalue weighted by molar-refractivity contribution is 5.92. The number of rotatable bonds is 4. The molecule has 0 aliphatic heterocycles. The zero-order chi connectivity index (χ0) is 11.3. The van der Waals surface area contributed by atoms with Gasteiger partial charge in [0.25, 0.3) is 5.91 Å². The van der Waals surface area contributed by atoms with E-state index in [-0.39, 0.29) is 17.6 Å². The first-order valence-electron chi connectivity index (χ1n) is 4.78.